The van der Waals surface area contributed by atoms with Crippen molar-refractivity contribution in [3.8, 4) is 0 Å². The van der Waals surface area contributed by atoms with Crippen molar-refractivity contribution in [3.63, 3.8) is 0 Å². The summed E-state index contributed by atoms with van der Waals surface area (Å²) in [4.78, 5) is 32.6. The molecule has 33 heavy (non-hydrogen) atoms. The summed E-state index contributed by atoms with van der Waals surface area (Å²) in [5.41, 5.74) is 7.29. The van der Waals surface area contributed by atoms with Crippen LogP contribution in [0.25, 0.3) is 10.9 Å². The molecule has 1 amide bonds. The summed E-state index contributed by atoms with van der Waals surface area (Å²) in [6.45, 7) is 6.61. The fraction of sp³-hybridized carbons (Fsp3) is 0.500. The van der Waals surface area contributed by atoms with Crippen molar-refractivity contribution in [1.82, 2.24) is 9.88 Å². The molecule has 1 aliphatic carbocycles. The highest BCUT2D eigenvalue weighted by Crippen LogP contribution is 2.50. The number of carbonyl (C=O) groups is 2. The number of aliphatic hydroxyl groups is 1. The summed E-state index contributed by atoms with van der Waals surface area (Å²) in [6, 6.07) is 1.37. The minimum atomic E-state index is -0.358. The van der Waals surface area contributed by atoms with Gasteiger partial charge in [0.1, 0.15) is 12.4 Å². The van der Waals surface area contributed by atoms with Gasteiger partial charge in [0, 0.05) is 25.1 Å². The first-order chi connectivity index (χ1) is 15.9. The molecular weight excluding hydrogens is 423 g/mol. The van der Waals surface area contributed by atoms with Gasteiger partial charge in [-0.25, -0.2) is 4.39 Å². The lowest BCUT2D eigenvalue weighted by Crippen LogP contribution is -2.42. The molecule has 1 aromatic heterocycles. The minimum Gasteiger partial charge on any atom is -0.460 e. The number of hydrogen-bond acceptors (Lipinski definition) is 5. The molecule has 3 aliphatic heterocycles. The fourth-order valence-corrected chi connectivity index (χ4v) is 6.26. The Labute approximate surface area is 192 Å². The van der Waals surface area contributed by atoms with E-state index in [2.05, 4.69) is 6.92 Å². The maximum atomic E-state index is 14.7. The van der Waals surface area contributed by atoms with E-state index >= 15 is 0 Å². The third kappa shape index (κ3) is 2.98. The molecule has 0 bridgehead atoms. The van der Waals surface area contributed by atoms with Gasteiger partial charge in [0.2, 0.25) is 0 Å². The quantitative estimate of drug-likeness (QED) is 0.662. The Morgan fingerprint density at radius 3 is 2.76 bits per heavy atom. The number of aromatic nitrogens is 1. The Morgan fingerprint density at radius 1 is 1.27 bits per heavy atom. The molecule has 0 spiro atoms. The van der Waals surface area contributed by atoms with Crippen molar-refractivity contribution in [2.75, 3.05) is 13.7 Å². The van der Waals surface area contributed by atoms with E-state index in [-0.39, 0.29) is 36.3 Å². The summed E-state index contributed by atoms with van der Waals surface area (Å²) in [5, 5.41) is 8.09. The Bertz CT molecular complexity index is 1240. The number of rotatable bonds is 1. The van der Waals surface area contributed by atoms with E-state index < -0.39 is 0 Å². The predicted molar refractivity (Wildman–Crippen MR) is 121 cm³/mol. The number of aryl methyl sites for hydroxylation is 1. The molecule has 2 aromatic rings. The number of halogens is 1. The normalized spacial score (nSPS) is 25.3. The van der Waals surface area contributed by atoms with Crippen LogP contribution in [0.3, 0.4) is 0 Å². The molecule has 6 rings (SSSR count). The number of carbonyl (C=O) groups excluding carboxylic acids is 2. The van der Waals surface area contributed by atoms with Gasteiger partial charge in [-0.05, 0) is 66.4 Å². The van der Waals surface area contributed by atoms with Crippen LogP contribution in [0.2, 0.25) is 0 Å². The summed E-state index contributed by atoms with van der Waals surface area (Å²) in [6.07, 6.45) is 3.05. The number of ether oxygens (including phenoxy) is 1. The molecule has 7 heteroatoms. The zero-order valence-corrected chi connectivity index (χ0v) is 19.5. The molecule has 4 heterocycles. The predicted octanol–water partition coefficient (Wildman–Crippen LogP) is 4.01. The van der Waals surface area contributed by atoms with Crippen LogP contribution in [-0.4, -0.2) is 40.6 Å². The lowest BCUT2D eigenvalue weighted by atomic mass is 9.78. The summed E-state index contributed by atoms with van der Waals surface area (Å²) in [7, 11) is 1.00. The lowest BCUT2D eigenvalue weighted by Gasteiger charge is -2.37. The van der Waals surface area contributed by atoms with Crippen molar-refractivity contribution in [2.24, 2.45) is 5.92 Å². The summed E-state index contributed by atoms with van der Waals surface area (Å²) in [5.74, 6) is -0.515. The second-order valence-electron chi connectivity index (χ2n) is 9.41. The van der Waals surface area contributed by atoms with Gasteiger partial charge in [0.25, 0.3) is 5.91 Å². The number of fused-ring (bicyclic) bond motifs is 4. The average molecular weight is 453 g/mol. The largest absolute Gasteiger partial charge is 0.460 e. The van der Waals surface area contributed by atoms with Gasteiger partial charge >= 0.3 is 5.97 Å². The Morgan fingerprint density at radius 2 is 2.03 bits per heavy atom. The molecule has 0 fully saturated rings. The van der Waals surface area contributed by atoms with Gasteiger partial charge in [0.05, 0.1) is 28.7 Å². The van der Waals surface area contributed by atoms with E-state index in [9.17, 15) is 14.0 Å². The molecule has 0 saturated carbocycles. The van der Waals surface area contributed by atoms with Crippen molar-refractivity contribution in [3.05, 3.63) is 51.0 Å². The number of amides is 1. The smallest absolute Gasteiger partial charge is 0.313 e. The Hall–Kier alpha value is -2.80. The van der Waals surface area contributed by atoms with E-state index in [1.165, 1.54) is 5.56 Å². The first-order valence-corrected chi connectivity index (χ1v) is 11.7. The fourth-order valence-electron chi connectivity index (χ4n) is 6.26. The lowest BCUT2D eigenvalue weighted by molar-refractivity contribution is -0.149. The SMILES string of the molecule is CCC1C(=O)OCC2=C1CC1c3nc4cc(F)c(C)c5c4c(c3CN1C2=O)C(C)CC5.CO. The molecule has 174 valence electrons. The van der Waals surface area contributed by atoms with Crippen LogP contribution >= 0.6 is 0 Å². The Balaban J connectivity index is 0.00000111. The number of benzene rings is 1. The molecule has 3 atom stereocenters. The van der Waals surface area contributed by atoms with E-state index in [0.29, 0.717) is 42.0 Å². The maximum absolute atomic E-state index is 14.7. The van der Waals surface area contributed by atoms with E-state index in [1.807, 2.05) is 18.7 Å². The van der Waals surface area contributed by atoms with Crippen LogP contribution in [0.5, 0.6) is 0 Å². The molecule has 3 unspecified atom stereocenters. The number of cyclic esters (lactones) is 1. The van der Waals surface area contributed by atoms with Crippen LogP contribution in [0.15, 0.2) is 17.2 Å². The van der Waals surface area contributed by atoms with Crippen molar-refractivity contribution in [1.29, 1.82) is 0 Å². The standard InChI is InChI=1S/C25H25FN2O3.CH4O/c1-4-13-15-7-20-23-16(9-28(20)24(29)17(15)10-31-25(13)30)21-11(2)5-6-14-12(3)18(26)8-19(27-23)22(14)21;1-2/h8,11,13,20H,4-7,9-10H2,1-3H3;2H,1H3. The monoisotopic (exact) mass is 452 g/mol. The molecule has 1 N–H and O–H groups in total. The molecule has 4 aliphatic rings. The number of pyridine rings is 1. The van der Waals surface area contributed by atoms with Crippen LogP contribution in [0.4, 0.5) is 4.39 Å². The highest BCUT2D eigenvalue weighted by Gasteiger charge is 2.47. The highest BCUT2D eigenvalue weighted by atomic mass is 19.1. The van der Waals surface area contributed by atoms with Crippen LogP contribution < -0.4 is 0 Å². The van der Waals surface area contributed by atoms with Gasteiger partial charge in [-0.2, -0.15) is 0 Å². The zero-order chi connectivity index (χ0) is 23.6. The van der Waals surface area contributed by atoms with Gasteiger partial charge in [-0.1, -0.05) is 13.8 Å². The van der Waals surface area contributed by atoms with E-state index in [1.54, 1.807) is 6.07 Å². The van der Waals surface area contributed by atoms with Crippen molar-refractivity contribution < 1.29 is 23.8 Å². The molecular formula is C26H29FN2O4. The van der Waals surface area contributed by atoms with Crippen molar-refractivity contribution >= 4 is 22.8 Å². The highest BCUT2D eigenvalue weighted by molar-refractivity contribution is 5.99. The Kier molecular flexibility index (Phi) is 5.27. The van der Waals surface area contributed by atoms with E-state index in [0.717, 1.165) is 47.7 Å². The number of hydrogen-bond donors (Lipinski definition) is 1. The number of aliphatic hydroxyl groups excluding tert-OH is 1. The van der Waals surface area contributed by atoms with Crippen LogP contribution in [0.1, 0.15) is 73.0 Å². The molecule has 0 radical (unpaired) electrons. The van der Waals surface area contributed by atoms with Gasteiger partial charge in [-0.3, -0.25) is 14.6 Å². The van der Waals surface area contributed by atoms with Gasteiger partial charge in [-0.15, -0.1) is 0 Å². The third-order valence-electron chi connectivity index (χ3n) is 7.91. The average Bonchev–Trinajstić information content (AvgIpc) is 3.18. The van der Waals surface area contributed by atoms with Crippen molar-refractivity contribution in [2.45, 2.75) is 65.0 Å². The minimum absolute atomic E-state index is 0.0440. The second kappa shape index (κ2) is 7.90. The third-order valence-corrected chi connectivity index (χ3v) is 7.91. The van der Waals surface area contributed by atoms with Crippen LogP contribution in [-0.2, 0) is 27.3 Å². The molecule has 1 aromatic carbocycles. The topological polar surface area (TPSA) is 79.7 Å². The summed E-state index contributed by atoms with van der Waals surface area (Å²) >= 11 is 0. The van der Waals surface area contributed by atoms with Gasteiger partial charge in [0.15, 0.2) is 0 Å². The summed E-state index contributed by atoms with van der Waals surface area (Å²) < 4.78 is 20.0. The number of esters is 1. The molecule has 0 saturated heterocycles. The first-order valence-electron chi connectivity index (χ1n) is 11.7. The second-order valence-corrected chi connectivity index (χ2v) is 9.41. The van der Waals surface area contributed by atoms with Crippen LogP contribution in [0, 0.1) is 18.7 Å². The molecule has 6 nitrogen and oxygen atoms in total. The number of nitrogens with zero attached hydrogens (tertiary/aromatic N) is 2. The van der Waals surface area contributed by atoms with Gasteiger partial charge < -0.3 is 14.7 Å². The maximum Gasteiger partial charge on any atom is 0.313 e. The first kappa shape index (κ1) is 22.0. The zero-order valence-electron chi connectivity index (χ0n) is 19.5. The van der Waals surface area contributed by atoms with E-state index in [4.69, 9.17) is 14.8 Å².